The van der Waals surface area contributed by atoms with Gasteiger partial charge in [-0.2, -0.15) is 5.26 Å². The number of hydrogen-bond donors (Lipinski definition) is 3. The van der Waals surface area contributed by atoms with E-state index in [-0.39, 0.29) is 0 Å². The maximum Gasteiger partial charge on any atom is 0.132 e. The van der Waals surface area contributed by atoms with Crippen LogP contribution in [0.25, 0.3) is 0 Å². The molecule has 2 heterocycles. The third-order valence-corrected chi connectivity index (χ3v) is 2.09. The van der Waals surface area contributed by atoms with Crippen LogP contribution in [-0.2, 0) is 0 Å². The summed E-state index contributed by atoms with van der Waals surface area (Å²) in [5, 5.41) is 20.6. The number of rotatable bonds is 3. The molecule has 0 saturated carbocycles. The maximum absolute atomic E-state index is 8.89. The first kappa shape index (κ1) is 10.9. The standard InChI is InChI=1S/C11H9N5O/c12-6-8-7-13-3-2-10(8)15-11-5-9(16-17)1-4-14-11/h1-5,7,17H,(H2,13,14,15,16). The molecule has 2 aromatic heterocycles. The number of nitriles is 1. The van der Waals surface area contributed by atoms with E-state index in [1.54, 1.807) is 24.4 Å². The largest absolute Gasteiger partial charge is 0.339 e. The molecule has 0 bridgehead atoms. The molecule has 0 aliphatic heterocycles. The van der Waals surface area contributed by atoms with Crippen LogP contribution in [0, 0.1) is 11.3 Å². The van der Waals surface area contributed by atoms with Gasteiger partial charge in [0, 0.05) is 24.7 Å². The Morgan fingerprint density at radius 3 is 2.94 bits per heavy atom. The number of aromatic nitrogens is 2. The number of hydrogen-bond acceptors (Lipinski definition) is 6. The Hall–Kier alpha value is -2.65. The van der Waals surface area contributed by atoms with Crippen LogP contribution >= 0.6 is 0 Å². The molecule has 3 N–H and O–H groups in total. The Balaban J connectivity index is 2.28. The van der Waals surface area contributed by atoms with Crippen LogP contribution < -0.4 is 10.8 Å². The minimum Gasteiger partial charge on any atom is -0.339 e. The van der Waals surface area contributed by atoms with Crippen molar-refractivity contribution in [2.24, 2.45) is 0 Å². The Morgan fingerprint density at radius 2 is 2.18 bits per heavy atom. The van der Waals surface area contributed by atoms with Gasteiger partial charge < -0.3 is 5.32 Å². The lowest BCUT2D eigenvalue weighted by molar-refractivity contribution is 0.389. The molecule has 0 atom stereocenters. The highest BCUT2D eigenvalue weighted by atomic mass is 16.5. The highest BCUT2D eigenvalue weighted by molar-refractivity contribution is 5.65. The second kappa shape index (κ2) is 4.92. The third-order valence-electron chi connectivity index (χ3n) is 2.09. The Labute approximate surface area is 97.5 Å². The molecule has 0 spiro atoms. The van der Waals surface area contributed by atoms with Crippen LogP contribution in [-0.4, -0.2) is 15.2 Å². The molecule has 17 heavy (non-hydrogen) atoms. The lowest BCUT2D eigenvalue weighted by Crippen LogP contribution is -1.98. The average molecular weight is 227 g/mol. The first-order chi connectivity index (χ1) is 8.33. The lowest BCUT2D eigenvalue weighted by atomic mass is 10.2. The van der Waals surface area contributed by atoms with Crippen molar-refractivity contribution in [2.75, 3.05) is 10.8 Å². The molecule has 0 amide bonds. The van der Waals surface area contributed by atoms with E-state index >= 15 is 0 Å². The monoisotopic (exact) mass is 227 g/mol. The van der Waals surface area contributed by atoms with Crippen LogP contribution in [0.1, 0.15) is 5.56 Å². The van der Waals surface area contributed by atoms with E-state index in [0.29, 0.717) is 22.8 Å². The fourth-order valence-electron chi connectivity index (χ4n) is 1.30. The summed E-state index contributed by atoms with van der Waals surface area (Å²) in [5.74, 6) is 0.520. The van der Waals surface area contributed by atoms with Crippen molar-refractivity contribution in [1.29, 1.82) is 5.26 Å². The molecule has 6 heteroatoms. The molecule has 0 fully saturated rings. The Morgan fingerprint density at radius 1 is 1.29 bits per heavy atom. The minimum atomic E-state index is 0.427. The molecular formula is C11H9N5O. The summed E-state index contributed by atoms with van der Waals surface area (Å²) in [7, 11) is 0. The molecule has 0 saturated heterocycles. The van der Waals surface area contributed by atoms with Crippen molar-refractivity contribution in [1.82, 2.24) is 9.97 Å². The second-order valence-electron chi connectivity index (χ2n) is 3.20. The van der Waals surface area contributed by atoms with Crippen molar-refractivity contribution in [2.45, 2.75) is 0 Å². The fraction of sp³-hybridized carbons (Fsp3) is 0. The first-order valence-electron chi connectivity index (χ1n) is 4.81. The van der Waals surface area contributed by atoms with Gasteiger partial charge in [-0.3, -0.25) is 15.7 Å². The highest BCUT2D eigenvalue weighted by Crippen LogP contribution is 2.19. The average Bonchev–Trinajstić information content (AvgIpc) is 2.39. The highest BCUT2D eigenvalue weighted by Gasteiger charge is 2.02. The van der Waals surface area contributed by atoms with Gasteiger partial charge in [0.2, 0.25) is 0 Å². The van der Waals surface area contributed by atoms with Crippen LogP contribution in [0.3, 0.4) is 0 Å². The third kappa shape index (κ3) is 2.48. The van der Waals surface area contributed by atoms with Crippen molar-refractivity contribution in [3.8, 4) is 6.07 Å². The predicted octanol–water partition coefficient (Wildman–Crippen LogP) is 1.89. The number of nitrogens with one attached hydrogen (secondary N) is 2. The van der Waals surface area contributed by atoms with Gasteiger partial charge in [-0.25, -0.2) is 4.98 Å². The van der Waals surface area contributed by atoms with Gasteiger partial charge in [0.05, 0.1) is 16.9 Å². The lowest BCUT2D eigenvalue weighted by Gasteiger charge is -2.07. The zero-order valence-electron chi connectivity index (χ0n) is 8.75. The number of pyridine rings is 2. The summed E-state index contributed by atoms with van der Waals surface area (Å²) in [6.07, 6.45) is 4.59. The van der Waals surface area contributed by atoms with E-state index in [0.717, 1.165) is 0 Å². The van der Waals surface area contributed by atoms with E-state index < -0.39 is 0 Å². The van der Waals surface area contributed by atoms with Gasteiger partial charge in [0.1, 0.15) is 11.9 Å². The van der Waals surface area contributed by atoms with Gasteiger partial charge in [-0.05, 0) is 12.1 Å². The molecular weight excluding hydrogens is 218 g/mol. The number of nitrogens with zero attached hydrogens (tertiary/aromatic N) is 3. The second-order valence-corrected chi connectivity index (χ2v) is 3.20. The quantitative estimate of drug-likeness (QED) is 0.693. The molecule has 2 rings (SSSR count). The minimum absolute atomic E-state index is 0.427. The summed E-state index contributed by atoms with van der Waals surface area (Å²) >= 11 is 0. The van der Waals surface area contributed by atoms with Gasteiger partial charge in [-0.1, -0.05) is 0 Å². The fourth-order valence-corrected chi connectivity index (χ4v) is 1.30. The zero-order chi connectivity index (χ0) is 12.1. The Kier molecular flexibility index (Phi) is 3.14. The van der Waals surface area contributed by atoms with Gasteiger partial charge in [-0.15, -0.1) is 0 Å². The topological polar surface area (TPSA) is 93.9 Å². The summed E-state index contributed by atoms with van der Waals surface area (Å²) in [4.78, 5) is 7.92. The summed E-state index contributed by atoms with van der Waals surface area (Å²) in [6, 6.07) is 6.93. The SMILES string of the molecule is N#Cc1cnccc1Nc1cc(NO)ccn1. The van der Waals surface area contributed by atoms with Crippen molar-refractivity contribution in [3.63, 3.8) is 0 Å². The molecule has 2 aromatic rings. The first-order valence-corrected chi connectivity index (χ1v) is 4.81. The van der Waals surface area contributed by atoms with Crippen molar-refractivity contribution >= 4 is 17.2 Å². The molecule has 84 valence electrons. The molecule has 0 unspecified atom stereocenters. The van der Waals surface area contributed by atoms with E-state index in [4.69, 9.17) is 10.5 Å². The Bertz CT molecular complexity index is 564. The van der Waals surface area contributed by atoms with E-state index in [9.17, 15) is 0 Å². The van der Waals surface area contributed by atoms with Crippen LogP contribution in [0.2, 0.25) is 0 Å². The smallest absolute Gasteiger partial charge is 0.132 e. The summed E-state index contributed by atoms with van der Waals surface area (Å²) in [6.45, 7) is 0. The molecule has 0 radical (unpaired) electrons. The van der Waals surface area contributed by atoms with E-state index in [2.05, 4.69) is 15.3 Å². The van der Waals surface area contributed by atoms with Crippen LogP contribution in [0.4, 0.5) is 17.2 Å². The zero-order valence-corrected chi connectivity index (χ0v) is 8.75. The maximum atomic E-state index is 8.89. The molecule has 0 aliphatic carbocycles. The van der Waals surface area contributed by atoms with Crippen molar-refractivity contribution < 1.29 is 5.21 Å². The molecule has 6 nitrogen and oxygen atoms in total. The van der Waals surface area contributed by atoms with E-state index in [1.165, 1.54) is 12.4 Å². The molecule has 0 aliphatic rings. The normalized spacial score (nSPS) is 9.41. The summed E-state index contributed by atoms with van der Waals surface area (Å²) in [5.41, 5.74) is 3.58. The number of anilines is 3. The van der Waals surface area contributed by atoms with Gasteiger partial charge in [0.25, 0.3) is 0 Å². The van der Waals surface area contributed by atoms with Gasteiger partial charge in [0.15, 0.2) is 0 Å². The van der Waals surface area contributed by atoms with Crippen LogP contribution in [0.15, 0.2) is 36.8 Å². The molecule has 0 aromatic carbocycles. The van der Waals surface area contributed by atoms with Crippen LogP contribution in [0.5, 0.6) is 0 Å². The summed E-state index contributed by atoms with van der Waals surface area (Å²) < 4.78 is 0. The van der Waals surface area contributed by atoms with Crippen molar-refractivity contribution in [3.05, 3.63) is 42.4 Å². The van der Waals surface area contributed by atoms with E-state index in [1.807, 2.05) is 11.5 Å². The van der Waals surface area contributed by atoms with Gasteiger partial charge >= 0.3 is 0 Å². The predicted molar refractivity (Wildman–Crippen MR) is 61.9 cm³/mol.